The van der Waals surface area contributed by atoms with E-state index in [-0.39, 0.29) is 10.6 Å². The molecule has 1 aliphatic heterocycles. The van der Waals surface area contributed by atoms with Crippen LogP contribution in [0.15, 0.2) is 28.8 Å². The topological polar surface area (TPSA) is 88.5 Å². The Morgan fingerprint density at radius 2 is 1.92 bits per heavy atom. The molecule has 8 heteroatoms. The van der Waals surface area contributed by atoms with Gasteiger partial charge in [0, 0.05) is 50.4 Å². The summed E-state index contributed by atoms with van der Waals surface area (Å²) < 4.78 is 5.29. The summed E-state index contributed by atoms with van der Waals surface area (Å²) in [5.74, 6) is 1.44. The summed E-state index contributed by atoms with van der Waals surface area (Å²) in [4.78, 5) is 19.3. The van der Waals surface area contributed by atoms with Crippen molar-refractivity contribution < 1.29 is 9.45 Å². The van der Waals surface area contributed by atoms with Crippen molar-refractivity contribution in [1.29, 1.82) is 0 Å². The molecule has 0 radical (unpaired) electrons. The van der Waals surface area contributed by atoms with Gasteiger partial charge in [-0.15, -0.1) is 0 Å². The summed E-state index contributed by atoms with van der Waals surface area (Å²) in [5, 5.41) is 14.7. The molecule has 1 aromatic carbocycles. The van der Waals surface area contributed by atoms with Crippen LogP contribution in [-0.4, -0.2) is 46.1 Å². The highest BCUT2D eigenvalue weighted by molar-refractivity contribution is 5.51. The van der Waals surface area contributed by atoms with Crippen LogP contribution in [0.1, 0.15) is 25.1 Å². The number of non-ortho nitro benzene ring substituents is 1. The molecule has 8 nitrogen and oxygen atoms in total. The maximum Gasteiger partial charge on any atom is 0.269 e. The molecule has 24 heavy (non-hydrogen) atoms. The Kier molecular flexibility index (Phi) is 5.05. The van der Waals surface area contributed by atoms with Gasteiger partial charge in [-0.3, -0.25) is 15.0 Å². The van der Waals surface area contributed by atoms with E-state index >= 15 is 0 Å². The molecule has 0 bridgehead atoms. The van der Waals surface area contributed by atoms with E-state index in [2.05, 4.69) is 26.9 Å². The summed E-state index contributed by atoms with van der Waals surface area (Å²) in [5.41, 5.74) is 1.14. The smallest absolute Gasteiger partial charge is 0.269 e. The van der Waals surface area contributed by atoms with Crippen LogP contribution in [0.3, 0.4) is 0 Å². The standard InChI is InChI=1S/C16H21N5O3/c1-2-3-15-17-16(24-18-15)12-19-8-10-20(11-9-19)13-4-6-14(7-5-13)21(22)23/h4-7H,2-3,8-12H2,1H3. The molecule has 1 saturated heterocycles. The van der Waals surface area contributed by atoms with Gasteiger partial charge in [0.2, 0.25) is 5.89 Å². The number of aryl methyl sites for hydroxylation is 1. The van der Waals surface area contributed by atoms with Gasteiger partial charge in [-0.2, -0.15) is 4.98 Å². The number of nitrogens with zero attached hydrogens (tertiary/aromatic N) is 5. The largest absolute Gasteiger partial charge is 0.369 e. The Balaban J connectivity index is 1.52. The first-order valence-electron chi connectivity index (χ1n) is 8.19. The zero-order chi connectivity index (χ0) is 16.9. The monoisotopic (exact) mass is 331 g/mol. The highest BCUT2D eigenvalue weighted by atomic mass is 16.6. The summed E-state index contributed by atoms with van der Waals surface area (Å²) in [6.07, 6.45) is 1.85. The average molecular weight is 331 g/mol. The van der Waals surface area contributed by atoms with E-state index in [0.29, 0.717) is 12.4 Å². The average Bonchev–Trinajstić information content (AvgIpc) is 3.03. The molecule has 1 aromatic heterocycles. The van der Waals surface area contributed by atoms with Crippen molar-refractivity contribution in [1.82, 2.24) is 15.0 Å². The zero-order valence-corrected chi connectivity index (χ0v) is 13.7. The van der Waals surface area contributed by atoms with E-state index in [1.807, 2.05) is 12.1 Å². The second-order valence-electron chi connectivity index (χ2n) is 5.89. The van der Waals surface area contributed by atoms with Crippen molar-refractivity contribution in [3.63, 3.8) is 0 Å². The van der Waals surface area contributed by atoms with Crippen molar-refractivity contribution >= 4 is 11.4 Å². The molecule has 0 unspecified atom stereocenters. The number of hydrogen-bond acceptors (Lipinski definition) is 7. The third-order valence-electron chi connectivity index (χ3n) is 4.14. The number of anilines is 1. The van der Waals surface area contributed by atoms with E-state index in [1.54, 1.807) is 12.1 Å². The SMILES string of the molecule is CCCc1noc(CN2CCN(c3ccc([N+](=O)[O-])cc3)CC2)n1. The fraction of sp³-hybridized carbons (Fsp3) is 0.500. The minimum Gasteiger partial charge on any atom is -0.369 e. The van der Waals surface area contributed by atoms with Crippen molar-refractivity contribution in [2.75, 3.05) is 31.1 Å². The molecule has 0 aliphatic carbocycles. The molecule has 2 heterocycles. The second-order valence-corrected chi connectivity index (χ2v) is 5.89. The maximum absolute atomic E-state index is 10.7. The quantitative estimate of drug-likeness (QED) is 0.592. The first kappa shape index (κ1) is 16.4. The Morgan fingerprint density at radius 1 is 1.21 bits per heavy atom. The van der Waals surface area contributed by atoms with Crippen LogP contribution in [0.2, 0.25) is 0 Å². The second kappa shape index (κ2) is 7.39. The Morgan fingerprint density at radius 3 is 2.54 bits per heavy atom. The van der Waals surface area contributed by atoms with Crippen LogP contribution in [0.25, 0.3) is 0 Å². The first-order chi connectivity index (χ1) is 11.7. The van der Waals surface area contributed by atoms with Gasteiger partial charge in [-0.1, -0.05) is 12.1 Å². The molecule has 3 rings (SSSR count). The van der Waals surface area contributed by atoms with Crippen LogP contribution < -0.4 is 4.90 Å². The number of aromatic nitrogens is 2. The highest BCUT2D eigenvalue weighted by Crippen LogP contribution is 2.21. The van der Waals surface area contributed by atoms with Crippen molar-refractivity contribution in [3.05, 3.63) is 46.1 Å². The molecule has 1 aliphatic rings. The molecule has 1 fully saturated rings. The lowest BCUT2D eigenvalue weighted by molar-refractivity contribution is -0.384. The lowest BCUT2D eigenvalue weighted by Gasteiger charge is -2.35. The van der Waals surface area contributed by atoms with Crippen LogP contribution >= 0.6 is 0 Å². The van der Waals surface area contributed by atoms with E-state index < -0.39 is 0 Å². The fourth-order valence-corrected chi connectivity index (χ4v) is 2.82. The molecular weight excluding hydrogens is 310 g/mol. The Labute approximate surface area is 140 Å². The minimum absolute atomic E-state index is 0.122. The van der Waals surface area contributed by atoms with E-state index in [4.69, 9.17) is 4.52 Å². The molecule has 0 atom stereocenters. The number of benzene rings is 1. The summed E-state index contributed by atoms with van der Waals surface area (Å²) in [7, 11) is 0. The molecule has 128 valence electrons. The normalized spacial score (nSPS) is 15.6. The number of piperazine rings is 1. The molecule has 0 N–H and O–H groups in total. The lowest BCUT2D eigenvalue weighted by atomic mass is 10.2. The number of rotatable bonds is 6. The lowest BCUT2D eigenvalue weighted by Crippen LogP contribution is -2.46. The zero-order valence-electron chi connectivity index (χ0n) is 13.7. The molecule has 0 amide bonds. The highest BCUT2D eigenvalue weighted by Gasteiger charge is 2.20. The van der Waals surface area contributed by atoms with Gasteiger partial charge in [0.15, 0.2) is 5.82 Å². The number of nitro groups is 1. The molecule has 2 aromatic rings. The third-order valence-corrected chi connectivity index (χ3v) is 4.14. The van der Waals surface area contributed by atoms with Gasteiger partial charge in [-0.25, -0.2) is 0 Å². The van der Waals surface area contributed by atoms with Crippen molar-refractivity contribution in [2.24, 2.45) is 0 Å². The summed E-state index contributed by atoms with van der Waals surface area (Å²) in [6.45, 7) is 6.28. The van der Waals surface area contributed by atoms with E-state index in [1.165, 1.54) is 0 Å². The van der Waals surface area contributed by atoms with Gasteiger partial charge >= 0.3 is 0 Å². The van der Waals surface area contributed by atoms with Crippen LogP contribution in [0.5, 0.6) is 0 Å². The molecule has 0 spiro atoms. The van der Waals surface area contributed by atoms with Crippen molar-refractivity contribution in [2.45, 2.75) is 26.3 Å². The van der Waals surface area contributed by atoms with Crippen LogP contribution in [-0.2, 0) is 13.0 Å². The molecule has 0 saturated carbocycles. The van der Waals surface area contributed by atoms with Gasteiger partial charge < -0.3 is 9.42 Å². The number of nitro benzene ring substituents is 1. The van der Waals surface area contributed by atoms with Gasteiger partial charge in [0.25, 0.3) is 5.69 Å². The predicted octanol–water partition coefficient (Wildman–Crippen LogP) is 2.25. The molecular formula is C16H21N5O3. The predicted molar refractivity (Wildman–Crippen MR) is 88.9 cm³/mol. The van der Waals surface area contributed by atoms with E-state index in [9.17, 15) is 10.1 Å². The van der Waals surface area contributed by atoms with Crippen molar-refractivity contribution in [3.8, 4) is 0 Å². The van der Waals surface area contributed by atoms with Crippen LogP contribution in [0, 0.1) is 10.1 Å². The number of hydrogen-bond donors (Lipinski definition) is 0. The Hall–Kier alpha value is -2.48. The summed E-state index contributed by atoms with van der Waals surface area (Å²) in [6, 6.07) is 6.72. The van der Waals surface area contributed by atoms with E-state index in [0.717, 1.165) is 50.5 Å². The summed E-state index contributed by atoms with van der Waals surface area (Å²) >= 11 is 0. The first-order valence-corrected chi connectivity index (χ1v) is 8.19. The van der Waals surface area contributed by atoms with Gasteiger partial charge in [-0.05, 0) is 18.6 Å². The maximum atomic E-state index is 10.7. The van der Waals surface area contributed by atoms with Gasteiger partial charge in [0.05, 0.1) is 11.5 Å². The Bertz CT molecular complexity index is 677. The minimum atomic E-state index is -0.376. The third kappa shape index (κ3) is 3.88. The van der Waals surface area contributed by atoms with Gasteiger partial charge in [0.1, 0.15) is 0 Å². The fourth-order valence-electron chi connectivity index (χ4n) is 2.82. The van der Waals surface area contributed by atoms with Crippen LogP contribution in [0.4, 0.5) is 11.4 Å².